The standard InChI is InChI=1S/C19H14O3/c1-21-12-4-7-14-11(9-12)3-6-16-18(14)17-10-13(22-2)5-8-15(17)19(16)20/h3-10H,1-2H3. The van der Waals surface area contributed by atoms with Crippen LogP contribution in [0.3, 0.4) is 0 Å². The molecule has 0 aliphatic heterocycles. The summed E-state index contributed by atoms with van der Waals surface area (Å²) in [6, 6.07) is 15.4. The van der Waals surface area contributed by atoms with Crippen LogP contribution in [-0.2, 0) is 0 Å². The Morgan fingerprint density at radius 2 is 1.41 bits per heavy atom. The normalized spacial score (nSPS) is 12.2. The maximum absolute atomic E-state index is 12.6. The van der Waals surface area contributed by atoms with Crippen LogP contribution in [0, 0.1) is 0 Å². The highest BCUT2D eigenvalue weighted by atomic mass is 16.5. The van der Waals surface area contributed by atoms with Gasteiger partial charge in [-0.25, -0.2) is 0 Å². The first-order valence-corrected chi connectivity index (χ1v) is 7.07. The first-order valence-electron chi connectivity index (χ1n) is 7.07. The van der Waals surface area contributed by atoms with Crippen LogP contribution in [0.4, 0.5) is 0 Å². The van der Waals surface area contributed by atoms with Crippen LogP contribution in [0.2, 0.25) is 0 Å². The fourth-order valence-electron chi connectivity index (χ4n) is 3.11. The molecule has 0 heterocycles. The molecule has 108 valence electrons. The number of carbonyl (C=O) groups is 1. The van der Waals surface area contributed by atoms with E-state index >= 15 is 0 Å². The summed E-state index contributed by atoms with van der Waals surface area (Å²) in [5.41, 5.74) is 3.41. The lowest BCUT2D eigenvalue weighted by Crippen LogP contribution is -1.94. The van der Waals surface area contributed by atoms with Crippen molar-refractivity contribution >= 4 is 16.6 Å². The Balaban J connectivity index is 2.07. The van der Waals surface area contributed by atoms with Gasteiger partial charge in [-0.05, 0) is 52.7 Å². The summed E-state index contributed by atoms with van der Waals surface area (Å²) in [5, 5.41) is 2.11. The molecule has 0 radical (unpaired) electrons. The summed E-state index contributed by atoms with van der Waals surface area (Å²) in [7, 11) is 3.28. The smallest absolute Gasteiger partial charge is 0.194 e. The third-order valence-electron chi connectivity index (χ3n) is 4.21. The van der Waals surface area contributed by atoms with Gasteiger partial charge in [0.05, 0.1) is 14.2 Å². The van der Waals surface area contributed by atoms with E-state index in [1.54, 1.807) is 14.2 Å². The molecule has 0 amide bonds. The molecule has 1 aliphatic carbocycles. The van der Waals surface area contributed by atoms with Gasteiger partial charge in [-0.1, -0.05) is 12.1 Å². The molecule has 0 N–H and O–H groups in total. The monoisotopic (exact) mass is 290 g/mol. The van der Waals surface area contributed by atoms with Crippen LogP contribution >= 0.6 is 0 Å². The molecule has 0 saturated carbocycles. The minimum Gasteiger partial charge on any atom is -0.497 e. The van der Waals surface area contributed by atoms with Crippen molar-refractivity contribution < 1.29 is 14.3 Å². The SMILES string of the molecule is COc1ccc2c(c1)-c1c(ccc3cc(OC)ccc13)C2=O. The van der Waals surface area contributed by atoms with Gasteiger partial charge in [0, 0.05) is 16.7 Å². The van der Waals surface area contributed by atoms with Crippen LogP contribution in [0.1, 0.15) is 15.9 Å². The Kier molecular flexibility index (Phi) is 2.70. The number of rotatable bonds is 2. The molecule has 0 atom stereocenters. The van der Waals surface area contributed by atoms with Crippen molar-refractivity contribution in [2.75, 3.05) is 14.2 Å². The van der Waals surface area contributed by atoms with Gasteiger partial charge in [0.1, 0.15) is 11.5 Å². The van der Waals surface area contributed by atoms with Crippen LogP contribution in [-0.4, -0.2) is 20.0 Å². The average molecular weight is 290 g/mol. The Bertz CT molecular complexity index is 925. The fourth-order valence-corrected chi connectivity index (χ4v) is 3.11. The Morgan fingerprint density at radius 3 is 2.18 bits per heavy atom. The molecule has 3 aromatic carbocycles. The minimum atomic E-state index is 0.0744. The number of benzene rings is 3. The van der Waals surface area contributed by atoms with E-state index in [1.807, 2.05) is 48.5 Å². The molecular weight excluding hydrogens is 276 g/mol. The zero-order valence-electron chi connectivity index (χ0n) is 12.3. The van der Waals surface area contributed by atoms with E-state index in [1.165, 1.54) is 0 Å². The number of ether oxygens (including phenoxy) is 2. The highest BCUT2D eigenvalue weighted by Crippen LogP contribution is 2.43. The first kappa shape index (κ1) is 12.9. The van der Waals surface area contributed by atoms with E-state index in [2.05, 4.69) is 0 Å². The second-order valence-electron chi connectivity index (χ2n) is 5.32. The number of hydrogen-bond acceptors (Lipinski definition) is 3. The van der Waals surface area contributed by atoms with Gasteiger partial charge in [0.25, 0.3) is 0 Å². The third kappa shape index (κ3) is 1.65. The lowest BCUT2D eigenvalue weighted by atomic mass is 9.97. The van der Waals surface area contributed by atoms with E-state index in [-0.39, 0.29) is 5.78 Å². The fraction of sp³-hybridized carbons (Fsp3) is 0.105. The summed E-state index contributed by atoms with van der Waals surface area (Å²) >= 11 is 0. The maximum Gasteiger partial charge on any atom is 0.194 e. The lowest BCUT2D eigenvalue weighted by molar-refractivity contribution is 0.104. The van der Waals surface area contributed by atoms with Crippen LogP contribution in [0.15, 0.2) is 48.5 Å². The van der Waals surface area contributed by atoms with Crippen molar-refractivity contribution in [2.24, 2.45) is 0 Å². The number of hydrogen-bond donors (Lipinski definition) is 0. The second-order valence-corrected chi connectivity index (χ2v) is 5.32. The van der Waals surface area contributed by atoms with Gasteiger partial charge >= 0.3 is 0 Å². The lowest BCUT2D eigenvalue weighted by Gasteiger charge is -2.08. The van der Waals surface area contributed by atoms with Crippen LogP contribution in [0.25, 0.3) is 21.9 Å². The van der Waals surface area contributed by atoms with Gasteiger partial charge in [-0.2, -0.15) is 0 Å². The molecule has 3 aromatic rings. The topological polar surface area (TPSA) is 35.5 Å². The van der Waals surface area contributed by atoms with E-state index in [0.29, 0.717) is 0 Å². The van der Waals surface area contributed by atoms with Crippen molar-refractivity contribution in [2.45, 2.75) is 0 Å². The molecule has 0 spiro atoms. The maximum atomic E-state index is 12.6. The van der Waals surface area contributed by atoms with Gasteiger partial charge in [0.15, 0.2) is 5.78 Å². The van der Waals surface area contributed by atoms with E-state index in [9.17, 15) is 4.79 Å². The molecule has 0 saturated heterocycles. The number of ketones is 1. The average Bonchev–Trinajstić information content (AvgIpc) is 2.86. The molecule has 3 nitrogen and oxygen atoms in total. The Hall–Kier alpha value is -2.81. The molecule has 0 fully saturated rings. The van der Waals surface area contributed by atoms with Gasteiger partial charge in [-0.3, -0.25) is 4.79 Å². The van der Waals surface area contributed by atoms with Crippen molar-refractivity contribution in [1.82, 2.24) is 0 Å². The zero-order chi connectivity index (χ0) is 15.3. The molecule has 0 unspecified atom stereocenters. The minimum absolute atomic E-state index is 0.0744. The predicted molar refractivity (Wildman–Crippen MR) is 85.9 cm³/mol. The molecule has 0 bridgehead atoms. The van der Waals surface area contributed by atoms with E-state index < -0.39 is 0 Å². The number of fused-ring (bicyclic) bond motifs is 5. The van der Waals surface area contributed by atoms with Crippen LogP contribution < -0.4 is 9.47 Å². The van der Waals surface area contributed by atoms with Crippen molar-refractivity contribution in [1.29, 1.82) is 0 Å². The van der Waals surface area contributed by atoms with E-state index in [4.69, 9.17) is 9.47 Å². The number of carbonyl (C=O) groups excluding carboxylic acids is 1. The number of methoxy groups -OCH3 is 2. The summed E-state index contributed by atoms with van der Waals surface area (Å²) in [6.45, 7) is 0. The largest absolute Gasteiger partial charge is 0.497 e. The first-order chi connectivity index (χ1) is 10.7. The van der Waals surface area contributed by atoms with E-state index in [0.717, 1.165) is 44.5 Å². The summed E-state index contributed by atoms with van der Waals surface area (Å²) in [5.74, 6) is 1.64. The Morgan fingerprint density at radius 1 is 0.727 bits per heavy atom. The molecule has 1 aliphatic rings. The quantitative estimate of drug-likeness (QED) is 0.558. The molecular formula is C19H14O3. The van der Waals surface area contributed by atoms with Crippen molar-refractivity contribution in [3.8, 4) is 22.6 Å². The Labute approximate surface area is 128 Å². The van der Waals surface area contributed by atoms with Gasteiger partial charge in [-0.15, -0.1) is 0 Å². The highest BCUT2D eigenvalue weighted by molar-refractivity contribution is 6.26. The van der Waals surface area contributed by atoms with Crippen molar-refractivity contribution in [3.63, 3.8) is 0 Å². The second kappa shape index (κ2) is 4.60. The zero-order valence-corrected chi connectivity index (χ0v) is 12.3. The van der Waals surface area contributed by atoms with Crippen molar-refractivity contribution in [3.05, 3.63) is 59.7 Å². The molecule has 22 heavy (non-hydrogen) atoms. The van der Waals surface area contributed by atoms with Gasteiger partial charge in [0.2, 0.25) is 0 Å². The highest BCUT2D eigenvalue weighted by Gasteiger charge is 2.28. The van der Waals surface area contributed by atoms with Gasteiger partial charge < -0.3 is 9.47 Å². The summed E-state index contributed by atoms with van der Waals surface area (Å²) in [6.07, 6.45) is 0. The molecule has 0 aromatic heterocycles. The third-order valence-corrected chi connectivity index (χ3v) is 4.21. The van der Waals surface area contributed by atoms with Crippen LogP contribution in [0.5, 0.6) is 11.5 Å². The summed E-state index contributed by atoms with van der Waals surface area (Å²) in [4.78, 5) is 12.6. The predicted octanol–water partition coefficient (Wildman–Crippen LogP) is 4.07. The molecule has 3 heteroatoms. The summed E-state index contributed by atoms with van der Waals surface area (Å²) < 4.78 is 10.6. The molecule has 4 rings (SSSR count).